The first-order valence-electron chi connectivity index (χ1n) is 5.44. The zero-order valence-corrected chi connectivity index (χ0v) is 8.83. The summed E-state index contributed by atoms with van der Waals surface area (Å²) in [4.78, 5) is 15.9. The minimum absolute atomic E-state index is 0.0794. The largest absolute Gasteiger partial charge is 0.350 e. The van der Waals surface area contributed by atoms with Gasteiger partial charge in [-0.15, -0.1) is 5.10 Å². The topological polar surface area (TPSA) is 64.2 Å². The standard InChI is InChI=1S/C10H13N5O/c16-10-14-4-3-12-6-9(14)13-15(10)7-8-1-2-11-5-8/h3-4,6,8,11H,1-2,5,7H2. The van der Waals surface area contributed by atoms with Crippen LogP contribution in [-0.4, -0.2) is 32.3 Å². The van der Waals surface area contributed by atoms with Crippen LogP contribution in [-0.2, 0) is 6.54 Å². The molecule has 1 aliphatic rings. The number of aromatic nitrogens is 4. The summed E-state index contributed by atoms with van der Waals surface area (Å²) in [5, 5.41) is 7.54. The van der Waals surface area contributed by atoms with Gasteiger partial charge in [-0.05, 0) is 25.4 Å². The Morgan fingerprint density at radius 2 is 2.50 bits per heavy atom. The highest BCUT2D eigenvalue weighted by Crippen LogP contribution is 2.08. The fraction of sp³-hybridized carbons (Fsp3) is 0.500. The highest BCUT2D eigenvalue weighted by atomic mass is 16.2. The molecule has 1 unspecified atom stereocenters. The average Bonchev–Trinajstić information content (AvgIpc) is 2.90. The number of fused-ring (bicyclic) bond motifs is 1. The molecule has 0 radical (unpaired) electrons. The van der Waals surface area contributed by atoms with Gasteiger partial charge in [-0.3, -0.25) is 4.98 Å². The highest BCUT2D eigenvalue weighted by molar-refractivity contribution is 5.31. The third-order valence-corrected chi connectivity index (χ3v) is 2.98. The Morgan fingerprint density at radius 1 is 1.56 bits per heavy atom. The molecule has 1 atom stereocenters. The lowest BCUT2D eigenvalue weighted by Gasteiger charge is -2.05. The second-order valence-electron chi connectivity index (χ2n) is 4.13. The van der Waals surface area contributed by atoms with E-state index in [1.807, 2.05) is 0 Å². The van der Waals surface area contributed by atoms with E-state index in [0.29, 0.717) is 18.1 Å². The molecular weight excluding hydrogens is 206 g/mol. The summed E-state index contributed by atoms with van der Waals surface area (Å²) in [6.07, 6.45) is 5.95. The van der Waals surface area contributed by atoms with Crippen molar-refractivity contribution in [2.24, 2.45) is 5.92 Å². The Balaban J connectivity index is 1.97. The molecular formula is C10H13N5O. The smallest absolute Gasteiger partial charge is 0.316 e. The van der Waals surface area contributed by atoms with E-state index < -0.39 is 0 Å². The van der Waals surface area contributed by atoms with E-state index in [9.17, 15) is 4.79 Å². The number of hydrogen-bond acceptors (Lipinski definition) is 4. The Kier molecular flexibility index (Phi) is 2.21. The molecule has 1 aliphatic heterocycles. The fourth-order valence-corrected chi connectivity index (χ4v) is 2.11. The van der Waals surface area contributed by atoms with Crippen LogP contribution < -0.4 is 11.0 Å². The van der Waals surface area contributed by atoms with Gasteiger partial charge in [-0.2, -0.15) is 0 Å². The lowest BCUT2D eigenvalue weighted by molar-refractivity contribution is 0.440. The maximum atomic E-state index is 11.9. The number of rotatable bonds is 2. The molecule has 1 saturated heterocycles. The zero-order chi connectivity index (χ0) is 11.0. The monoisotopic (exact) mass is 219 g/mol. The summed E-state index contributed by atoms with van der Waals surface area (Å²) in [6, 6.07) is 0. The van der Waals surface area contributed by atoms with Crippen LogP contribution in [0.2, 0.25) is 0 Å². The quantitative estimate of drug-likeness (QED) is 0.739. The van der Waals surface area contributed by atoms with Crippen LogP contribution in [0, 0.1) is 5.92 Å². The first-order chi connectivity index (χ1) is 7.84. The summed E-state index contributed by atoms with van der Waals surface area (Å²) >= 11 is 0. The second kappa shape index (κ2) is 3.71. The maximum absolute atomic E-state index is 11.9. The van der Waals surface area contributed by atoms with E-state index in [4.69, 9.17) is 0 Å². The van der Waals surface area contributed by atoms with Gasteiger partial charge in [0.2, 0.25) is 0 Å². The highest BCUT2D eigenvalue weighted by Gasteiger charge is 2.17. The van der Waals surface area contributed by atoms with Gasteiger partial charge in [0, 0.05) is 12.4 Å². The van der Waals surface area contributed by atoms with E-state index in [0.717, 1.165) is 19.5 Å². The molecule has 0 aliphatic carbocycles. The normalized spacial score (nSPS) is 20.6. The van der Waals surface area contributed by atoms with Gasteiger partial charge in [0.25, 0.3) is 0 Å². The van der Waals surface area contributed by atoms with Gasteiger partial charge < -0.3 is 5.32 Å². The van der Waals surface area contributed by atoms with Crippen molar-refractivity contribution in [2.45, 2.75) is 13.0 Å². The molecule has 16 heavy (non-hydrogen) atoms. The molecule has 3 rings (SSSR count). The van der Waals surface area contributed by atoms with E-state index in [1.165, 1.54) is 9.08 Å². The molecule has 2 aromatic heterocycles. The van der Waals surface area contributed by atoms with Crippen LogP contribution in [0.15, 0.2) is 23.4 Å². The summed E-state index contributed by atoms with van der Waals surface area (Å²) in [5.74, 6) is 0.510. The molecule has 84 valence electrons. The Labute approximate surface area is 91.9 Å². The van der Waals surface area contributed by atoms with Gasteiger partial charge in [-0.25, -0.2) is 13.9 Å². The molecule has 6 nitrogen and oxygen atoms in total. The maximum Gasteiger partial charge on any atom is 0.350 e. The van der Waals surface area contributed by atoms with Gasteiger partial charge in [0.1, 0.15) is 0 Å². The molecule has 0 amide bonds. The van der Waals surface area contributed by atoms with Crippen molar-refractivity contribution >= 4 is 5.65 Å². The summed E-state index contributed by atoms with van der Waals surface area (Å²) in [6.45, 7) is 2.69. The van der Waals surface area contributed by atoms with E-state index >= 15 is 0 Å². The molecule has 0 saturated carbocycles. The average molecular weight is 219 g/mol. The first-order valence-corrected chi connectivity index (χ1v) is 5.44. The van der Waals surface area contributed by atoms with Crippen molar-refractivity contribution in [2.75, 3.05) is 13.1 Å². The molecule has 0 bridgehead atoms. The van der Waals surface area contributed by atoms with Crippen molar-refractivity contribution in [3.63, 3.8) is 0 Å². The molecule has 2 aromatic rings. The molecule has 1 fully saturated rings. The van der Waals surface area contributed by atoms with Gasteiger partial charge in [0.05, 0.1) is 12.7 Å². The lowest BCUT2D eigenvalue weighted by atomic mass is 10.1. The van der Waals surface area contributed by atoms with Crippen LogP contribution >= 0.6 is 0 Å². The summed E-state index contributed by atoms with van der Waals surface area (Å²) in [5.41, 5.74) is 0.530. The van der Waals surface area contributed by atoms with E-state index in [1.54, 1.807) is 18.6 Å². The number of nitrogens with zero attached hydrogens (tertiary/aromatic N) is 4. The van der Waals surface area contributed by atoms with Crippen LogP contribution in [0.1, 0.15) is 6.42 Å². The van der Waals surface area contributed by atoms with Crippen LogP contribution in [0.5, 0.6) is 0 Å². The van der Waals surface area contributed by atoms with Gasteiger partial charge in [-0.1, -0.05) is 0 Å². The van der Waals surface area contributed by atoms with Crippen molar-refractivity contribution in [1.82, 2.24) is 24.5 Å². The molecule has 0 spiro atoms. The van der Waals surface area contributed by atoms with Crippen molar-refractivity contribution < 1.29 is 0 Å². The third kappa shape index (κ3) is 1.51. The predicted octanol–water partition coefficient (Wildman–Crippen LogP) is -0.500. The lowest BCUT2D eigenvalue weighted by Crippen LogP contribution is -2.25. The molecule has 6 heteroatoms. The van der Waals surface area contributed by atoms with Crippen molar-refractivity contribution in [3.8, 4) is 0 Å². The van der Waals surface area contributed by atoms with Crippen LogP contribution in [0.4, 0.5) is 0 Å². The fourth-order valence-electron chi connectivity index (χ4n) is 2.11. The SMILES string of the molecule is O=c1n(CC2CCNC2)nc2cnccn12. The first kappa shape index (κ1) is 9.53. The number of hydrogen-bond donors (Lipinski definition) is 1. The summed E-state index contributed by atoms with van der Waals surface area (Å²) < 4.78 is 3.06. The second-order valence-corrected chi connectivity index (χ2v) is 4.13. The van der Waals surface area contributed by atoms with Crippen molar-refractivity contribution in [1.29, 1.82) is 0 Å². The van der Waals surface area contributed by atoms with E-state index in [-0.39, 0.29) is 5.69 Å². The Hall–Kier alpha value is -1.69. The van der Waals surface area contributed by atoms with Gasteiger partial charge >= 0.3 is 5.69 Å². The van der Waals surface area contributed by atoms with Crippen LogP contribution in [0.25, 0.3) is 5.65 Å². The molecule has 0 aromatic carbocycles. The Bertz CT molecular complexity index is 552. The molecule has 1 N–H and O–H groups in total. The minimum atomic E-state index is -0.0794. The third-order valence-electron chi connectivity index (χ3n) is 2.98. The van der Waals surface area contributed by atoms with E-state index in [2.05, 4.69) is 15.4 Å². The number of nitrogens with one attached hydrogen (secondary N) is 1. The van der Waals surface area contributed by atoms with Gasteiger partial charge in [0.15, 0.2) is 5.65 Å². The Morgan fingerprint density at radius 3 is 3.25 bits per heavy atom. The van der Waals surface area contributed by atoms with Crippen LogP contribution in [0.3, 0.4) is 0 Å². The minimum Gasteiger partial charge on any atom is -0.316 e. The predicted molar refractivity (Wildman–Crippen MR) is 58.2 cm³/mol. The molecule has 3 heterocycles. The van der Waals surface area contributed by atoms with Crippen molar-refractivity contribution in [3.05, 3.63) is 29.1 Å². The summed E-state index contributed by atoms with van der Waals surface area (Å²) in [7, 11) is 0. The zero-order valence-electron chi connectivity index (χ0n) is 8.83.